The monoisotopic (exact) mass is 456 g/mol. The van der Waals surface area contributed by atoms with Crippen molar-refractivity contribution < 1.29 is 22.7 Å². The maximum absolute atomic E-state index is 12.9. The van der Waals surface area contributed by atoms with Crippen LogP contribution in [0.1, 0.15) is 17.3 Å². The van der Waals surface area contributed by atoms with Gasteiger partial charge in [0.1, 0.15) is 5.75 Å². The predicted octanol–water partition coefficient (Wildman–Crippen LogP) is 3.07. The van der Waals surface area contributed by atoms with Crippen LogP contribution in [0.4, 0.5) is 0 Å². The van der Waals surface area contributed by atoms with Gasteiger partial charge < -0.3 is 9.64 Å². The number of amides is 1. The number of ether oxygens (including phenoxy) is 1. The molecule has 2 aromatic carbocycles. The number of nitrogens with zero attached hydrogens (tertiary/aromatic N) is 2. The highest BCUT2D eigenvalue weighted by Crippen LogP contribution is 2.27. The van der Waals surface area contributed by atoms with Gasteiger partial charge in [0, 0.05) is 39.2 Å². The molecule has 1 aliphatic heterocycles. The molecule has 0 aliphatic carbocycles. The number of rotatable bonds is 4. The van der Waals surface area contributed by atoms with Gasteiger partial charge in [0.15, 0.2) is 0 Å². The van der Waals surface area contributed by atoms with Crippen LogP contribution in [0, 0.1) is 0 Å². The molecule has 0 bridgehead atoms. The lowest BCUT2D eigenvalue weighted by molar-refractivity contribution is -0.129. The van der Waals surface area contributed by atoms with Gasteiger partial charge in [-0.3, -0.25) is 4.79 Å². The first-order chi connectivity index (χ1) is 13.7. The Labute approximate surface area is 178 Å². The predicted molar refractivity (Wildman–Crippen MR) is 109 cm³/mol. The topological polar surface area (TPSA) is 84.0 Å². The average Bonchev–Trinajstić information content (AvgIpc) is 2.71. The van der Waals surface area contributed by atoms with Crippen molar-refractivity contribution in [3.63, 3.8) is 0 Å². The second kappa shape index (κ2) is 8.71. The quantitative estimate of drug-likeness (QED) is 0.521. The fraction of sp³-hybridized carbons (Fsp3) is 0.263. The molecule has 0 unspecified atom stereocenters. The van der Waals surface area contributed by atoms with E-state index in [-0.39, 0.29) is 40.2 Å². The van der Waals surface area contributed by atoms with Gasteiger partial charge in [-0.1, -0.05) is 29.3 Å². The van der Waals surface area contributed by atoms with Crippen LogP contribution in [0.5, 0.6) is 5.75 Å². The molecule has 1 fully saturated rings. The van der Waals surface area contributed by atoms with Gasteiger partial charge in [-0.2, -0.15) is 4.31 Å². The number of carbonyl (C=O) groups is 2. The van der Waals surface area contributed by atoms with Crippen LogP contribution in [-0.2, 0) is 14.8 Å². The van der Waals surface area contributed by atoms with Gasteiger partial charge in [0.25, 0.3) is 0 Å². The summed E-state index contributed by atoms with van der Waals surface area (Å²) in [6, 6.07) is 10.0. The third-order valence-electron chi connectivity index (χ3n) is 4.49. The van der Waals surface area contributed by atoms with Crippen LogP contribution in [-0.4, -0.2) is 55.7 Å². The molecule has 29 heavy (non-hydrogen) atoms. The minimum Gasteiger partial charge on any atom is -0.423 e. The van der Waals surface area contributed by atoms with Gasteiger partial charge in [0.05, 0.1) is 20.5 Å². The van der Waals surface area contributed by atoms with E-state index in [1.165, 1.54) is 53.7 Å². The SMILES string of the molecule is CC(=O)N1CCN(S(=O)(=O)c2cccc(C(=O)Oc3ccc(Cl)c(Cl)c3)c2)CC1. The summed E-state index contributed by atoms with van der Waals surface area (Å²) in [7, 11) is -3.80. The fourth-order valence-electron chi connectivity index (χ4n) is 2.88. The summed E-state index contributed by atoms with van der Waals surface area (Å²) >= 11 is 11.8. The smallest absolute Gasteiger partial charge is 0.343 e. The van der Waals surface area contributed by atoms with E-state index in [1.54, 1.807) is 4.90 Å². The van der Waals surface area contributed by atoms with E-state index in [9.17, 15) is 18.0 Å². The van der Waals surface area contributed by atoms with Crippen molar-refractivity contribution in [3.8, 4) is 5.75 Å². The van der Waals surface area contributed by atoms with Crippen molar-refractivity contribution in [2.24, 2.45) is 0 Å². The van der Waals surface area contributed by atoms with E-state index in [2.05, 4.69) is 0 Å². The van der Waals surface area contributed by atoms with Crippen LogP contribution in [0.3, 0.4) is 0 Å². The lowest BCUT2D eigenvalue weighted by atomic mass is 10.2. The maximum Gasteiger partial charge on any atom is 0.343 e. The first kappa shape index (κ1) is 21.6. The third-order valence-corrected chi connectivity index (χ3v) is 7.13. The van der Waals surface area contributed by atoms with Crippen molar-refractivity contribution in [2.45, 2.75) is 11.8 Å². The zero-order valence-corrected chi connectivity index (χ0v) is 17.8. The molecule has 0 radical (unpaired) electrons. The largest absolute Gasteiger partial charge is 0.423 e. The van der Waals surface area contributed by atoms with E-state index in [0.717, 1.165) is 0 Å². The molecule has 154 valence electrons. The van der Waals surface area contributed by atoms with E-state index in [4.69, 9.17) is 27.9 Å². The Balaban J connectivity index is 1.77. The lowest BCUT2D eigenvalue weighted by Gasteiger charge is -2.33. The number of halogens is 2. The van der Waals surface area contributed by atoms with Crippen LogP contribution >= 0.6 is 23.2 Å². The minimum atomic E-state index is -3.80. The molecule has 1 saturated heterocycles. The summed E-state index contributed by atoms with van der Waals surface area (Å²) in [5.74, 6) is -0.617. The molecule has 10 heteroatoms. The number of hydrogen-bond donors (Lipinski definition) is 0. The lowest BCUT2D eigenvalue weighted by Crippen LogP contribution is -2.49. The highest BCUT2D eigenvalue weighted by Gasteiger charge is 2.29. The summed E-state index contributed by atoms with van der Waals surface area (Å²) in [5, 5.41) is 0.558. The summed E-state index contributed by atoms with van der Waals surface area (Å²) in [6.45, 7) is 2.49. The first-order valence-corrected chi connectivity index (χ1v) is 10.9. The van der Waals surface area contributed by atoms with Gasteiger partial charge in [-0.15, -0.1) is 0 Å². The third kappa shape index (κ3) is 4.90. The molecular weight excluding hydrogens is 439 g/mol. The highest BCUT2D eigenvalue weighted by molar-refractivity contribution is 7.89. The number of piperazine rings is 1. The molecule has 1 aliphatic rings. The minimum absolute atomic E-state index is 0.0163. The Morgan fingerprint density at radius 1 is 0.966 bits per heavy atom. The average molecular weight is 457 g/mol. The molecule has 0 atom stereocenters. The van der Waals surface area contributed by atoms with Crippen molar-refractivity contribution in [3.05, 3.63) is 58.1 Å². The molecule has 0 saturated carbocycles. The Kier molecular flexibility index (Phi) is 6.48. The Hall–Kier alpha value is -2.13. The molecule has 7 nitrogen and oxygen atoms in total. The van der Waals surface area contributed by atoms with Crippen LogP contribution in [0.15, 0.2) is 47.4 Å². The summed E-state index contributed by atoms with van der Waals surface area (Å²) in [6.07, 6.45) is 0. The van der Waals surface area contributed by atoms with Crippen molar-refractivity contribution in [1.29, 1.82) is 0 Å². The van der Waals surface area contributed by atoms with E-state index < -0.39 is 16.0 Å². The molecule has 0 aromatic heterocycles. The number of esters is 1. The molecular formula is C19H18Cl2N2O5S. The van der Waals surface area contributed by atoms with Gasteiger partial charge in [-0.25, -0.2) is 13.2 Å². The van der Waals surface area contributed by atoms with Gasteiger partial charge in [-0.05, 0) is 30.3 Å². The Bertz CT molecular complexity index is 1050. The zero-order chi connectivity index (χ0) is 21.2. The second-order valence-electron chi connectivity index (χ2n) is 6.40. The van der Waals surface area contributed by atoms with Crippen LogP contribution in [0.25, 0.3) is 0 Å². The first-order valence-electron chi connectivity index (χ1n) is 8.71. The summed E-state index contributed by atoms with van der Waals surface area (Å²) in [5.41, 5.74) is 0.0829. The number of carbonyl (C=O) groups excluding carboxylic acids is 2. The highest BCUT2D eigenvalue weighted by atomic mass is 35.5. The normalized spacial score (nSPS) is 15.2. The van der Waals surface area contributed by atoms with E-state index >= 15 is 0 Å². The van der Waals surface area contributed by atoms with Crippen LogP contribution < -0.4 is 4.74 Å². The molecule has 1 heterocycles. The fourth-order valence-corrected chi connectivity index (χ4v) is 4.64. The summed E-state index contributed by atoms with van der Waals surface area (Å²) in [4.78, 5) is 25.4. The number of benzene rings is 2. The molecule has 3 rings (SSSR count). The zero-order valence-electron chi connectivity index (χ0n) is 15.5. The Morgan fingerprint density at radius 3 is 2.28 bits per heavy atom. The van der Waals surface area contributed by atoms with Crippen molar-refractivity contribution in [2.75, 3.05) is 26.2 Å². The van der Waals surface area contributed by atoms with Crippen molar-refractivity contribution in [1.82, 2.24) is 9.21 Å². The molecule has 0 spiro atoms. The number of sulfonamides is 1. The molecule has 1 amide bonds. The number of hydrogen-bond acceptors (Lipinski definition) is 5. The van der Waals surface area contributed by atoms with Crippen molar-refractivity contribution >= 4 is 45.1 Å². The van der Waals surface area contributed by atoms with E-state index in [0.29, 0.717) is 18.1 Å². The van der Waals surface area contributed by atoms with Gasteiger partial charge >= 0.3 is 5.97 Å². The molecule has 2 aromatic rings. The summed E-state index contributed by atoms with van der Waals surface area (Å²) < 4.78 is 32.4. The Morgan fingerprint density at radius 2 is 1.66 bits per heavy atom. The molecule has 0 N–H and O–H groups in total. The van der Waals surface area contributed by atoms with E-state index in [1.807, 2.05) is 0 Å². The standard InChI is InChI=1S/C19H18Cl2N2O5S/c1-13(24)22-7-9-23(10-8-22)29(26,27)16-4-2-3-14(11-16)19(25)28-15-5-6-17(20)18(21)12-15/h2-6,11-12H,7-10H2,1H3. The second-order valence-corrected chi connectivity index (χ2v) is 9.16. The maximum atomic E-state index is 12.9. The van der Waals surface area contributed by atoms with Crippen LogP contribution in [0.2, 0.25) is 10.0 Å². The van der Waals surface area contributed by atoms with Gasteiger partial charge in [0.2, 0.25) is 15.9 Å².